The lowest BCUT2D eigenvalue weighted by atomic mass is 10.0. The summed E-state index contributed by atoms with van der Waals surface area (Å²) in [7, 11) is 1.69. The summed E-state index contributed by atoms with van der Waals surface area (Å²) in [6.07, 6.45) is 4.74. The molecule has 1 aliphatic heterocycles. The van der Waals surface area contributed by atoms with Crippen LogP contribution in [0.25, 0.3) is 10.9 Å². The number of aryl methyl sites for hydroxylation is 1. The molecule has 5 nitrogen and oxygen atoms in total. The average Bonchev–Trinajstić information content (AvgIpc) is 2.94. The molecule has 0 aliphatic carbocycles. The third-order valence-corrected chi connectivity index (χ3v) is 5.70. The number of likely N-dealkylation sites (tertiary alicyclic amines) is 1. The Morgan fingerprint density at radius 2 is 1.96 bits per heavy atom. The molecule has 0 bridgehead atoms. The molecule has 0 amide bonds. The number of aromatic nitrogens is 2. The molecule has 1 aromatic heterocycles. The highest BCUT2D eigenvalue weighted by molar-refractivity contribution is 5.80. The van der Waals surface area contributed by atoms with Gasteiger partial charge in [-0.25, -0.2) is 4.98 Å². The molecule has 0 saturated carbocycles. The van der Waals surface area contributed by atoms with Crippen molar-refractivity contribution < 1.29 is 4.74 Å². The Morgan fingerprint density at radius 1 is 1.14 bits per heavy atom. The Morgan fingerprint density at radius 3 is 2.75 bits per heavy atom. The van der Waals surface area contributed by atoms with Crippen LogP contribution in [-0.4, -0.2) is 28.5 Å². The molecule has 1 N–H and O–H groups in total. The maximum Gasteiger partial charge on any atom is 0.258 e. The zero-order chi connectivity index (χ0) is 19.5. The van der Waals surface area contributed by atoms with Gasteiger partial charge in [0.05, 0.1) is 24.6 Å². The van der Waals surface area contributed by atoms with E-state index in [0.717, 1.165) is 35.6 Å². The van der Waals surface area contributed by atoms with Gasteiger partial charge in [0.15, 0.2) is 0 Å². The van der Waals surface area contributed by atoms with E-state index < -0.39 is 0 Å². The van der Waals surface area contributed by atoms with Crippen molar-refractivity contribution in [2.24, 2.45) is 0 Å². The number of H-pyrrole nitrogens is 1. The molecule has 2 heterocycles. The van der Waals surface area contributed by atoms with Crippen LogP contribution in [0.4, 0.5) is 0 Å². The van der Waals surface area contributed by atoms with Crippen molar-refractivity contribution in [1.29, 1.82) is 0 Å². The van der Waals surface area contributed by atoms with Crippen molar-refractivity contribution in [1.82, 2.24) is 14.9 Å². The van der Waals surface area contributed by atoms with Crippen molar-refractivity contribution >= 4 is 10.9 Å². The monoisotopic (exact) mass is 377 g/mol. The van der Waals surface area contributed by atoms with Gasteiger partial charge in [0.25, 0.3) is 5.56 Å². The van der Waals surface area contributed by atoms with Gasteiger partial charge in [0, 0.05) is 6.04 Å². The quantitative estimate of drug-likeness (QED) is 0.734. The number of benzene rings is 2. The number of aromatic amines is 1. The van der Waals surface area contributed by atoms with Gasteiger partial charge < -0.3 is 9.72 Å². The van der Waals surface area contributed by atoms with Crippen molar-refractivity contribution in [3.8, 4) is 5.75 Å². The van der Waals surface area contributed by atoms with Crippen molar-refractivity contribution in [3.05, 3.63) is 69.8 Å². The van der Waals surface area contributed by atoms with Gasteiger partial charge in [0.2, 0.25) is 0 Å². The first-order valence-electron chi connectivity index (χ1n) is 10.0. The molecule has 0 radical (unpaired) electrons. The second-order valence-electron chi connectivity index (χ2n) is 7.59. The van der Waals surface area contributed by atoms with E-state index in [1.165, 1.54) is 24.8 Å². The Hall–Kier alpha value is -2.66. The van der Waals surface area contributed by atoms with E-state index in [1.54, 1.807) is 7.11 Å². The maximum atomic E-state index is 12.6. The summed E-state index contributed by atoms with van der Waals surface area (Å²) < 4.78 is 5.31. The molecule has 0 spiro atoms. The molecule has 1 atom stereocenters. The predicted molar refractivity (Wildman–Crippen MR) is 112 cm³/mol. The van der Waals surface area contributed by atoms with Gasteiger partial charge in [-0.1, -0.05) is 37.1 Å². The summed E-state index contributed by atoms with van der Waals surface area (Å²) >= 11 is 0. The minimum atomic E-state index is -0.0560. The Kier molecular flexibility index (Phi) is 5.44. The van der Waals surface area contributed by atoms with Crippen LogP contribution in [0.3, 0.4) is 0 Å². The summed E-state index contributed by atoms with van der Waals surface area (Å²) in [5, 5.41) is 0.659. The lowest BCUT2D eigenvalue weighted by Crippen LogP contribution is -2.30. The topological polar surface area (TPSA) is 58.2 Å². The molecule has 1 aliphatic rings. The van der Waals surface area contributed by atoms with Crippen LogP contribution in [0.2, 0.25) is 0 Å². The zero-order valence-corrected chi connectivity index (χ0v) is 16.6. The van der Waals surface area contributed by atoms with Gasteiger partial charge in [-0.3, -0.25) is 9.69 Å². The predicted octanol–water partition coefficient (Wildman–Crippen LogP) is 4.36. The number of hydrogen-bond acceptors (Lipinski definition) is 4. The minimum absolute atomic E-state index is 0.0560. The fourth-order valence-corrected chi connectivity index (χ4v) is 4.18. The van der Waals surface area contributed by atoms with E-state index in [-0.39, 0.29) is 5.56 Å². The molecular formula is C23H27N3O2. The number of ether oxygens (including phenoxy) is 1. The smallest absolute Gasteiger partial charge is 0.258 e. The van der Waals surface area contributed by atoms with E-state index in [1.807, 2.05) is 37.3 Å². The molecule has 1 fully saturated rings. The van der Waals surface area contributed by atoms with Gasteiger partial charge >= 0.3 is 0 Å². The number of hydrogen-bond donors (Lipinski definition) is 1. The third kappa shape index (κ3) is 3.80. The van der Waals surface area contributed by atoms with Gasteiger partial charge in [-0.2, -0.15) is 0 Å². The standard InChI is InChI=1S/C23H27N3O2/c1-16-7-6-8-19-22(16)24-21(25-23(19)27)15-26-14-5-3-4-9-20(26)17-10-12-18(28-2)13-11-17/h6-8,10-13,20H,3-5,9,14-15H2,1-2H3,(H,24,25,27)/t20-/m1/s1. The molecule has 2 aromatic carbocycles. The molecule has 0 unspecified atom stereocenters. The lowest BCUT2D eigenvalue weighted by Gasteiger charge is -2.30. The lowest BCUT2D eigenvalue weighted by molar-refractivity contribution is 0.187. The van der Waals surface area contributed by atoms with Gasteiger partial charge in [-0.15, -0.1) is 0 Å². The number of nitrogens with one attached hydrogen (secondary N) is 1. The summed E-state index contributed by atoms with van der Waals surface area (Å²) in [4.78, 5) is 22.8. The van der Waals surface area contributed by atoms with E-state index in [2.05, 4.69) is 22.0 Å². The first-order valence-corrected chi connectivity index (χ1v) is 10.0. The normalized spacial score (nSPS) is 18.1. The van der Waals surface area contributed by atoms with Crippen LogP contribution in [0.1, 0.15) is 48.7 Å². The van der Waals surface area contributed by atoms with Crippen LogP contribution in [0, 0.1) is 6.92 Å². The molecule has 146 valence electrons. The maximum absolute atomic E-state index is 12.6. The fourth-order valence-electron chi connectivity index (χ4n) is 4.18. The molecule has 4 rings (SSSR count). The van der Waals surface area contributed by atoms with Crippen LogP contribution >= 0.6 is 0 Å². The van der Waals surface area contributed by atoms with Gasteiger partial charge in [0.1, 0.15) is 11.6 Å². The van der Waals surface area contributed by atoms with Crippen LogP contribution < -0.4 is 10.3 Å². The summed E-state index contributed by atoms with van der Waals surface area (Å²) in [5.41, 5.74) is 3.08. The number of para-hydroxylation sites is 1. The highest BCUT2D eigenvalue weighted by Crippen LogP contribution is 2.32. The second kappa shape index (κ2) is 8.15. The average molecular weight is 377 g/mol. The number of rotatable bonds is 4. The first-order chi connectivity index (χ1) is 13.7. The molecule has 5 heteroatoms. The molecule has 3 aromatic rings. The SMILES string of the molecule is COc1ccc([C@H]2CCCCCN2Cc2nc3c(C)cccc3c(=O)[nH]2)cc1. The van der Waals surface area contributed by atoms with Crippen LogP contribution in [0.5, 0.6) is 5.75 Å². The van der Waals surface area contributed by atoms with Crippen molar-refractivity contribution in [3.63, 3.8) is 0 Å². The van der Waals surface area contributed by atoms with Gasteiger partial charge in [-0.05, 0) is 55.6 Å². The first kappa shape index (κ1) is 18.7. The minimum Gasteiger partial charge on any atom is -0.497 e. The number of fused-ring (bicyclic) bond motifs is 1. The van der Waals surface area contributed by atoms with Crippen LogP contribution in [-0.2, 0) is 6.54 Å². The zero-order valence-electron chi connectivity index (χ0n) is 16.6. The van der Waals surface area contributed by atoms with E-state index in [4.69, 9.17) is 9.72 Å². The van der Waals surface area contributed by atoms with Crippen LogP contribution in [0.15, 0.2) is 47.3 Å². The Balaban J connectivity index is 1.66. The molecule has 1 saturated heterocycles. The van der Waals surface area contributed by atoms with Crippen molar-refractivity contribution in [2.75, 3.05) is 13.7 Å². The summed E-state index contributed by atoms with van der Waals surface area (Å²) in [6, 6.07) is 14.4. The summed E-state index contributed by atoms with van der Waals surface area (Å²) in [5.74, 6) is 1.62. The van der Waals surface area contributed by atoms with E-state index in [0.29, 0.717) is 18.0 Å². The van der Waals surface area contributed by atoms with E-state index >= 15 is 0 Å². The molecular weight excluding hydrogens is 350 g/mol. The second-order valence-corrected chi connectivity index (χ2v) is 7.59. The highest BCUT2D eigenvalue weighted by Gasteiger charge is 2.23. The highest BCUT2D eigenvalue weighted by atomic mass is 16.5. The Labute approximate surface area is 165 Å². The summed E-state index contributed by atoms with van der Waals surface area (Å²) in [6.45, 7) is 3.66. The van der Waals surface area contributed by atoms with E-state index in [9.17, 15) is 4.79 Å². The fraction of sp³-hybridized carbons (Fsp3) is 0.391. The number of nitrogens with zero attached hydrogens (tertiary/aromatic N) is 2. The Bertz CT molecular complexity index is 1010. The third-order valence-electron chi connectivity index (χ3n) is 5.70. The molecule has 28 heavy (non-hydrogen) atoms. The largest absolute Gasteiger partial charge is 0.497 e. The van der Waals surface area contributed by atoms with Crippen molar-refractivity contribution in [2.45, 2.75) is 45.2 Å². The number of methoxy groups -OCH3 is 1.